The Hall–Kier alpha value is -2.56. The summed E-state index contributed by atoms with van der Waals surface area (Å²) in [5.41, 5.74) is 13.2. The summed E-state index contributed by atoms with van der Waals surface area (Å²) in [7, 11) is 1.82. The minimum absolute atomic E-state index is 0.581. The molecule has 1 aromatic carbocycles. The summed E-state index contributed by atoms with van der Waals surface area (Å²) in [4.78, 5) is 11.7. The van der Waals surface area contributed by atoms with Gasteiger partial charge in [-0.3, -0.25) is 4.99 Å². The van der Waals surface area contributed by atoms with Crippen molar-refractivity contribution in [1.82, 2.24) is 0 Å². The van der Waals surface area contributed by atoms with Gasteiger partial charge in [0, 0.05) is 26.2 Å². The first-order valence-corrected chi connectivity index (χ1v) is 9.28. The van der Waals surface area contributed by atoms with Gasteiger partial charge < -0.3 is 15.4 Å². The molecule has 2 N–H and O–H groups in total. The number of nitrogens with zero attached hydrogens (tertiary/aromatic N) is 3. The van der Waals surface area contributed by atoms with Gasteiger partial charge in [0.25, 0.3) is 0 Å². The summed E-state index contributed by atoms with van der Waals surface area (Å²) < 4.78 is 5.70. The van der Waals surface area contributed by atoms with Crippen LogP contribution in [0.4, 0.5) is 17.1 Å². The van der Waals surface area contributed by atoms with E-state index in [2.05, 4.69) is 23.7 Å². The molecule has 0 unspecified atom stereocenters. The monoisotopic (exact) mass is 352 g/mol. The smallest absolute Gasteiger partial charge is 0.144 e. The molecule has 0 saturated carbocycles. The maximum Gasteiger partial charge on any atom is 0.144 e. The number of nitrogens with two attached hydrogens (primary N) is 1. The first-order chi connectivity index (χ1) is 12.5. The molecule has 0 aromatic heterocycles. The number of benzene rings is 1. The second-order valence-electron chi connectivity index (χ2n) is 6.70. The number of aliphatic imine (C=N–C) groups is 2. The Balaban J connectivity index is 2.09. The van der Waals surface area contributed by atoms with Crippen LogP contribution in [0.5, 0.6) is 5.75 Å². The van der Waals surface area contributed by atoms with Crippen molar-refractivity contribution in [2.45, 2.75) is 33.6 Å². The molecule has 5 heteroatoms. The average molecular weight is 352 g/mol. The van der Waals surface area contributed by atoms with Crippen LogP contribution in [-0.4, -0.2) is 38.2 Å². The fourth-order valence-corrected chi connectivity index (χ4v) is 3.44. The molecule has 0 spiro atoms. The second kappa shape index (κ2) is 7.77. The molecule has 1 heterocycles. The van der Waals surface area contributed by atoms with Gasteiger partial charge in [-0.05, 0) is 63.0 Å². The van der Waals surface area contributed by atoms with Gasteiger partial charge >= 0.3 is 0 Å². The minimum atomic E-state index is 0.581. The van der Waals surface area contributed by atoms with Gasteiger partial charge in [0.15, 0.2) is 0 Å². The lowest BCUT2D eigenvalue weighted by atomic mass is 9.96. The lowest BCUT2D eigenvalue weighted by molar-refractivity contribution is 0.342. The van der Waals surface area contributed by atoms with E-state index in [-0.39, 0.29) is 0 Å². The number of anilines is 2. The maximum atomic E-state index is 6.22. The van der Waals surface area contributed by atoms with Gasteiger partial charge in [-0.25, -0.2) is 4.99 Å². The summed E-state index contributed by atoms with van der Waals surface area (Å²) in [6, 6.07) is 3.98. The molecule has 26 heavy (non-hydrogen) atoms. The standard InChI is InChI=1S/C21H28N4O/c1-5-26-21-13-19(20(12-16(21)22)25-10-6-7-11-25)24-18-9-8-17(23-4)14(2)15(18)3/h8-9,12-13H,5-7,10-11,22H2,1-4H3. The predicted molar refractivity (Wildman–Crippen MR) is 111 cm³/mol. The lowest BCUT2D eigenvalue weighted by Crippen LogP contribution is -2.18. The van der Waals surface area contributed by atoms with Crippen molar-refractivity contribution in [1.29, 1.82) is 0 Å². The Labute approximate surface area is 156 Å². The molecule has 5 nitrogen and oxygen atoms in total. The van der Waals surface area contributed by atoms with Crippen molar-refractivity contribution >= 4 is 28.5 Å². The largest absolute Gasteiger partial charge is 0.492 e. The van der Waals surface area contributed by atoms with E-state index in [0.29, 0.717) is 18.0 Å². The molecule has 1 aliphatic carbocycles. The molecule has 3 rings (SSSR count). The summed E-state index contributed by atoms with van der Waals surface area (Å²) >= 11 is 0. The first-order valence-electron chi connectivity index (χ1n) is 9.28. The van der Waals surface area contributed by atoms with E-state index in [1.165, 1.54) is 12.8 Å². The molecule has 2 aliphatic rings. The lowest BCUT2D eigenvalue weighted by Gasteiger charge is -2.22. The van der Waals surface area contributed by atoms with Crippen LogP contribution in [0.3, 0.4) is 0 Å². The summed E-state index contributed by atoms with van der Waals surface area (Å²) in [5, 5.41) is 0. The van der Waals surface area contributed by atoms with E-state index in [9.17, 15) is 0 Å². The first kappa shape index (κ1) is 18.2. The van der Waals surface area contributed by atoms with Crippen molar-refractivity contribution in [3.05, 3.63) is 35.4 Å². The molecule has 0 amide bonds. The number of ether oxygens (including phenoxy) is 1. The SMILES string of the molecule is CCOc1cc(N=C2C=CC(=NC)C(C)=C2C)c(N2CCCC2)cc1N. The molecular weight excluding hydrogens is 324 g/mol. The van der Waals surface area contributed by atoms with E-state index in [4.69, 9.17) is 15.5 Å². The molecule has 0 bridgehead atoms. The Bertz CT molecular complexity index is 812. The molecule has 1 aliphatic heterocycles. The van der Waals surface area contributed by atoms with Crippen molar-refractivity contribution in [3.8, 4) is 5.75 Å². The molecule has 1 aromatic rings. The molecular formula is C21H28N4O. The number of nitrogen functional groups attached to an aromatic ring is 1. The third-order valence-electron chi connectivity index (χ3n) is 5.07. The zero-order valence-corrected chi connectivity index (χ0v) is 16.2. The Morgan fingerprint density at radius 2 is 1.73 bits per heavy atom. The van der Waals surface area contributed by atoms with Crippen molar-refractivity contribution < 1.29 is 4.74 Å². The normalized spacial score (nSPS) is 20.5. The van der Waals surface area contributed by atoms with Crippen molar-refractivity contribution in [2.75, 3.05) is 37.4 Å². The van der Waals surface area contributed by atoms with Crippen LogP contribution >= 0.6 is 0 Å². The molecule has 0 radical (unpaired) electrons. The van der Waals surface area contributed by atoms with E-state index in [1.54, 1.807) is 0 Å². The van der Waals surface area contributed by atoms with Crippen LogP contribution in [0.2, 0.25) is 0 Å². The predicted octanol–water partition coefficient (Wildman–Crippen LogP) is 4.32. The zero-order valence-electron chi connectivity index (χ0n) is 16.2. The highest BCUT2D eigenvalue weighted by Gasteiger charge is 2.20. The van der Waals surface area contributed by atoms with Crippen LogP contribution < -0.4 is 15.4 Å². The molecule has 1 fully saturated rings. The van der Waals surface area contributed by atoms with Gasteiger partial charge in [-0.1, -0.05) is 0 Å². The summed E-state index contributed by atoms with van der Waals surface area (Å²) in [5.74, 6) is 0.698. The number of hydrogen-bond acceptors (Lipinski definition) is 5. The minimum Gasteiger partial charge on any atom is -0.492 e. The van der Waals surface area contributed by atoms with Crippen LogP contribution in [0.25, 0.3) is 0 Å². The maximum absolute atomic E-state index is 6.22. The highest BCUT2D eigenvalue weighted by molar-refractivity contribution is 6.24. The Kier molecular flexibility index (Phi) is 5.45. The number of allylic oxidation sites excluding steroid dienone is 4. The third-order valence-corrected chi connectivity index (χ3v) is 5.07. The molecule has 1 saturated heterocycles. The number of hydrogen-bond donors (Lipinski definition) is 1. The number of rotatable bonds is 4. The summed E-state index contributed by atoms with van der Waals surface area (Å²) in [6.45, 7) is 8.82. The molecule has 138 valence electrons. The highest BCUT2D eigenvalue weighted by atomic mass is 16.5. The molecule has 0 atom stereocenters. The van der Waals surface area contributed by atoms with Crippen LogP contribution in [0.1, 0.15) is 33.6 Å². The highest BCUT2D eigenvalue weighted by Crippen LogP contribution is 2.39. The van der Waals surface area contributed by atoms with Crippen LogP contribution in [0, 0.1) is 0 Å². The van der Waals surface area contributed by atoms with Gasteiger partial charge in [0.2, 0.25) is 0 Å². The van der Waals surface area contributed by atoms with E-state index >= 15 is 0 Å². The van der Waals surface area contributed by atoms with Gasteiger partial charge in [-0.15, -0.1) is 0 Å². The Morgan fingerprint density at radius 1 is 1.08 bits per heavy atom. The van der Waals surface area contributed by atoms with Crippen molar-refractivity contribution in [2.24, 2.45) is 9.98 Å². The van der Waals surface area contributed by atoms with Gasteiger partial charge in [-0.2, -0.15) is 0 Å². The van der Waals surface area contributed by atoms with Crippen molar-refractivity contribution in [3.63, 3.8) is 0 Å². The Morgan fingerprint density at radius 3 is 2.38 bits per heavy atom. The summed E-state index contributed by atoms with van der Waals surface area (Å²) in [6.07, 6.45) is 6.47. The van der Waals surface area contributed by atoms with Crippen LogP contribution in [0.15, 0.2) is 45.4 Å². The average Bonchev–Trinajstić information content (AvgIpc) is 3.16. The quantitative estimate of drug-likeness (QED) is 0.648. The fourth-order valence-electron chi connectivity index (χ4n) is 3.44. The van der Waals surface area contributed by atoms with E-state index < -0.39 is 0 Å². The fraction of sp³-hybridized carbons (Fsp3) is 0.429. The van der Waals surface area contributed by atoms with Gasteiger partial charge in [0.1, 0.15) is 5.75 Å². The van der Waals surface area contributed by atoms with E-state index in [1.807, 2.05) is 38.3 Å². The third kappa shape index (κ3) is 3.52. The van der Waals surface area contributed by atoms with Crippen LogP contribution in [-0.2, 0) is 0 Å². The topological polar surface area (TPSA) is 63.2 Å². The zero-order chi connectivity index (χ0) is 18.7. The second-order valence-corrected chi connectivity index (χ2v) is 6.70. The van der Waals surface area contributed by atoms with E-state index in [0.717, 1.165) is 47.0 Å². The van der Waals surface area contributed by atoms with Gasteiger partial charge in [0.05, 0.1) is 35.1 Å².